The Labute approximate surface area is 181 Å². The molecule has 0 bridgehead atoms. The van der Waals surface area contributed by atoms with Gasteiger partial charge in [0.05, 0.1) is 11.4 Å². The second kappa shape index (κ2) is 8.57. The van der Waals surface area contributed by atoms with Crippen molar-refractivity contribution in [2.75, 3.05) is 0 Å². The van der Waals surface area contributed by atoms with Crippen LogP contribution in [0.4, 0.5) is 13.2 Å². The van der Waals surface area contributed by atoms with Gasteiger partial charge in [-0.1, -0.05) is 20.3 Å². The fraction of sp³-hybridized carbons (Fsp3) is 0.304. The molecule has 6 nitrogen and oxygen atoms in total. The van der Waals surface area contributed by atoms with E-state index in [1.807, 2.05) is 6.92 Å². The number of alkyl halides is 3. The molecule has 0 radical (unpaired) electrons. The minimum atomic E-state index is -4.85. The van der Waals surface area contributed by atoms with Crippen molar-refractivity contribution in [3.8, 4) is 11.5 Å². The Morgan fingerprint density at radius 2 is 1.75 bits per heavy atom. The summed E-state index contributed by atoms with van der Waals surface area (Å²) in [6.07, 6.45) is -4.27. The van der Waals surface area contributed by atoms with E-state index in [9.17, 15) is 33.0 Å². The van der Waals surface area contributed by atoms with E-state index in [0.717, 1.165) is 12.1 Å². The van der Waals surface area contributed by atoms with Gasteiger partial charge in [-0.2, -0.15) is 0 Å². The summed E-state index contributed by atoms with van der Waals surface area (Å²) >= 11 is 0. The maximum Gasteiger partial charge on any atom is 0.573 e. The van der Waals surface area contributed by atoms with E-state index in [1.54, 1.807) is 13.8 Å². The normalized spacial score (nSPS) is 13.7. The maximum atomic E-state index is 13.3. The number of carbonyl (C=O) groups excluding carboxylic acids is 1. The Morgan fingerprint density at radius 3 is 2.28 bits per heavy atom. The third kappa shape index (κ3) is 4.42. The number of phenols is 1. The van der Waals surface area contributed by atoms with Crippen molar-refractivity contribution in [3.63, 3.8) is 0 Å². The molecule has 170 valence electrons. The first kappa shape index (κ1) is 23.2. The Hall–Kier alpha value is -3.49. The van der Waals surface area contributed by atoms with E-state index >= 15 is 0 Å². The van der Waals surface area contributed by atoms with Crippen molar-refractivity contribution >= 4 is 22.8 Å². The maximum absolute atomic E-state index is 13.3. The molecule has 0 aliphatic carbocycles. The standard InChI is InChI=1S/C23H22F3NO5/c1-4-12(2)19(22(30)31)20-13(3)27(18-10-7-15(28)11-17(18)20)21(29)14-5-8-16(9-6-14)32-23(24,25)26/h5-12,19,28H,4H2,1-3H3,(H,30,31)/t12?,19-/m0/s1. The van der Waals surface area contributed by atoms with Crippen molar-refractivity contribution in [1.29, 1.82) is 0 Å². The molecule has 0 aliphatic heterocycles. The average Bonchev–Trinajstić information content (AvgIpc) is 2.98. The van der Waals surface area contributed by atoms with Gasteiger partial charge in [0.15, 0.2) is 0 Å². The molecule has 0 spiro atoms. The van der Waals surface area contributed by atoms with Crippen LogP contribution in [0.5, 0.6) is 11.5 Å². The highest BCUT2D eigenvalue weighted by Crippen LogP contribution is 2.39. The number of fused-ring (bicyclic) bond motifs is 1. The van der Waals surface area contributed by atoms with E-state index in [0.29, 0.717) is 28.6 Å². The molecule has 3 rings (SSSR count). The highest BCUT2D eigenvalue weighted by Gasteiger charge is 2.33. The number of rotatable bonds is 6. The van der Waals surface area contributed by atoms with Gasteiger partial charge in [-0.05, 0) is 60.9 Å². The summed E-state index contributed by atoms with van der Waals surface area (Å²) in [5.74, 6) is -3.30. The number of benzene rings is 2. The van der Waals surface area contributed by atoms with Crippen LogP contribution in [0.3, 0.4) is 0 Å². The van der Waals surface area contributed by atoms with E-state index in [1.165, 1.54) is 34.9 Å². The quantitative estimate of drug-likeness (QED) is 0.522. The van der Waals surface area contributed by atoms with Crippen molar-refractivity contribution in [2.24, 2.45) is 5.92 Å². The van der Waals surface area contributed by atoms with Crippen LogP contribution in [0.15, 0.2) is 42.5 Å². The van der Waals surface area contributed by atoms with Gasteiger partial charge in [0.2, 0.25) is 0 Å². The topological polar surface area (TPSA) is 88.8 Å². The smallest absolute Gasteiger partial charge is 0.508 e. The SMILES string of the molecule is CCC(C)[C@H](C(=O)O)c1c(C)n(C(=O)c2ccc(OC(F)(F)F)cc2)c2ccc(O)cc12. The molecule has 0 aliphatic rings. The molecule has 0 amide bonds. The largest absolute Gasteiger partial charge is 0.573 e. The molecule has 0 fully saturated rings. The number of hydrogen-bond acceptors (Lipinski definition) is 4. The molecule has 1 aromatic heterocycles. The van der Waals surface area contributed by atoms with Crippen LogP contribution in [0, 0.1) is 12.8 Å². The zero-order valence-corrected chi connectivity index (χ0v) is 17.6. The number of carboxylic acids is 1. The van der Waals surface area contributed by atoms with E-state index < -0.39 is 29.9 Å². The highest BCUT2D eigenvalue weighted by molar-refractivity contribution is 6.05. The van der Waals surface area contributed by atoms with Gasteiger partial charge in [-0.3, -0.25) is 14.2 Å². The molecule has 3 aromatic rings. The lowest BCUT2D eigenvalue weighted by molar-refractivity contribution is -0.274. The lowest BCUT2D eigenvalue weighted by Crippen LogP contribution is -2.21. The van der Waals surface area contributed by atoms with Gasteiger partial charge >= 0.3 is 12.3 Å². The highest BCUT2D eigenvalue weighted by atomic mass is 19.4. The number of aromatic hydroxyl groups is 1. The minimum Gasteiger partial charge on any atom is -0.508 e. The van der Waals surface area contributed by atoms with Crippen LogP contribution in [0.2, 0.25) is 0 Å². The number of hydrogen-bond donors (Lipinski definition) is 2. The summed E-state index contributed by atoms with van der Waals surface area (Å²) < 4.78 is 42.4. The van der Waals surface area contributed by atoms with Crippen LogP contribution in [-0.4, -0.2) is 33.0 Å². The summed E-state index contributed by atoms with van der Waals surface area (Å²) in [4.78, 5) is 25.4. The molecule has 1 heterocycles. The molecule has 0 saturated carbocycles. The number of carboxylic acid groups (broad SMARTS) is 1. The lowest BCUT2D eigenvalue weighted by Gasteiger charge is -2.20. The summed E-state index contributed by atoms with van der Waals surface area (Å²) in [6.45, 7) is 5.28. The van der Waals surface area contributed by atoms with E-state index in [-0.39, 0.29) is 17.2 Å². The fourth-order valence-electron chi connectivity index (χ4n) is 3.90. The predicted octanol–water partition coefficient (Wildman–Crippen LogP) is 5.46. The molecule has 9 heteroatoms. The molecule has 2 aromatic carbocycles. The summed E-state index contributed by atoms with van der Waals surface area (Å²) in [6, 6.07) is 8.79. The summed E-state index contributed by atoms with van der Waals surface area (Å²) in [5, 5.41) is 20.3. The fourth-order valence-corrected chi connectivity index (χ4v) is 3.90. The van der Waals surface area contributed by atoms with E-state index in [2.05, 4.69) is 4.74 Å². The number of halogens is 3. The van der Waals surface area contributed by atoms with Crippen molar-refractivity contribution in [1.82, 2.24) is 4.57 Å². The van der Waals surface area contributed by atoms with Gasteiger partial charge in [0, 0.05) is 16.6 Å². The van der Waals surface area contributed by atoms with E-state index in [4.69, 9.17) is 0 Å². The number of aliphatic carboxylic acids is 1. The predicted molar refractivity (Wildman–Crippen MR) is 111 cm³/mol. The zero-order valence-electron chi connectivity index (χ0n) is 17.6. The van der Waals surface area contributed by atoms with Gasteiger partial charge in [-0.15, -0.1) is 13.2 Å². The monoisotopic (exact) mass is 449 g/mol. The van der Waals surface area contributed by atoms with Crippen LogP contribution >= 0.6 is 0 Å². The minimum absolute atomic E-state index is 0.0784. The van der Waals surface area contributed by atoms with Crippen molar-refractivity contribution < 1.29 is 37.7 Å². The molecule has 2 atom stereocenters. The second-order valence-electron chi connectivity index (χ2n) is 7.61. The first-order valence-corrected chi connectivity index (χ1v) is 9.91. The number of nitrogens with zero attached hydrogens (tertiary/aromatic N) is 1. The molecule has 2 N–H and O–H groups in total. The molecule has 32 heavy (non-hydrogen) atoms. The van der Waals surface area contributed by atoms with Gasteiger partial charge < -0.3 is 14.9 Å². The summed E-state index contributed by atoms with van der Waals surface area (Å²) in [7, 11) is 0. The molecule has 1 unspecified atom stereocenters. The Morgan fingerprint density at radius 1 is 1.12 bits per heavy atom. The summed E-state index contributed by atoms with van der Waals surface area (Å²) in [5.41, 5.74) is 1.29. The van der Waals surface area contributed by atoms with Gasteiger partial charge in [-0.25, -0.2) is 0 Å². The van der Waals surface area contributed by atoms with Crippen molar-refractivity contribution in [3.05, 3.63) is 59.3 Å². The van der Waals surface area contributed by atoms with Crippen LogP contribution in [0.1, 0.15) is 47.8 Å². The third-order valence-electron chi connectivity index (χ3n) is 5.56. The Kier molecular flexibility index (Phi) is 6.20. The third-order valence-corrected chi connectivity index (χ3v) is 5.56. The van der Waals surface area contributed by atoms with Gasteiger partial charge in [0.25, 0.3) is 5.91 Å². The molecular formula is C23H22F3NO5. The Balaban J connectivity index is 2.16. The Bertz CT molecular complexity index is 1170. The van der Waals surface area contributed by atoms with Gasteiger partial charge in [0.1, 0.15) is 11.5 Å². The van der Waals surface area contributed by atoms with Crippen LogP contribution in [0.25, 0.3) is 10.9 Å². The first-order valence-electron chi connectivity index (χ1n) is 9.91. The van der Waals surface area contributed by atoms with Crippen LogP contribution < -0.4 is 4.74 Å². The first-order chi connectivity index (χ1) is 14.9. The second-order valence-corrected chi connectivity index (χ2v) is 7.61. The number of ether oxygens (including phenoxy) is 1. The number of aromatic nitrogens is 1. The lowest BCUT2D eigenvalue weighted by atomic mass is 9.84. The number of phenolic OH excluding ortho intramolecular Hbond substituents is 1. The number of carbonyl (C=O) groups is 2. The zero-order chi connectivity index (χ0) is 23.8. The molecule has 0 saturated heterocycles. The molecular weight excluding hydrogens is 427 g/mol. The van der Waals surface area contributed by atoms with Crippen LogP contribution in [-0.2, 0) is 4.79 Å². The van der Waals surface area contributed by atoms with Crippen molar-refractivity contribution in [2.45, 2.75) is 39.5 Å². The average molecular weight is 449 g/mol.